The molecule has 19 heavy (non-hydrogen) atoms. The Morgan fingerprint density at radius 1 is 1.47 bits per heavy atom. The van der Waals surface area contributed by atoms with Crippen LogP contribution >= 0.6 is 0 Å². The van der Waals surface area contributed by atoms with Gasteiger partial charge in [0.2, 0.25) is 5.89 Å². The monoisotopic (exact) mass is 267 g/mol. The first-order chi connectivity index (χ1) is 8.95. The maximum Gasteiger partial charge on any atom is 0.273 e. The fraction of sp³-hybridized carbons (Fsp3) is 0.714. The molecule has 2 unspecified atom stereocenters. The summed E-state index contributed by atoms with van der Waals surface area (Å²) in [5, 5.41) is 2.89. The summed E-state index contributed by atoms with van der Waals surface area (Å²) >= 11 is 0. The van der Waals surface area contributed by atoms with Gasteiger partial charge < -0.3 is 15.5 Å². The lowest BCUT2D eigenvalue weighted by atomic mass is 10.1. The summed E-state index contributed by atoms with van der Waals surface area (Å²) in [6.07, 6.45) is 4.30. The van der Waals surface area contributed by atoms with Crippen LogP contribution in [0, 0.1) is 5.92 Å². The molecule has 0 saturated carbocycles. The van der Waals surface area contributed by atoms with Crippen LogP contribution in [0.3, 0.4) is 0 Å². The highest BCUT2D eigenvalue weighted by Crippen LogP contribution is 2.16. The Bertz CT molecular complexity index is 401. The van der Waals surface area contributed by atoms with Crippen molar-refractivity contribution in [3.05, 3.63) is 17.8 Å². The van der Waals surface area contributed by atoms with Gasteiger partial charge in [-0.3, -0.25) is 4.79 Å². The molecule has 1 aromatic rings. The zero-order valence-corrected chi connectivity index (χ0v) is 12.3. The third-order valence-corrected chi connectivity index (χ3v) is 3.30. The van der Waals surface area contributed by atoms with Gasteiger partial charge in [-0.1, -0.05) is 33.6 Å². The van der Waals surface area contributed by atoms with Gasteiger partial charge in [-0.2, -0.15) is 0 Å². The Morgan fingerprint density at radius 3 is 2.74 bits per heavy atom. The summed E-state index contributed by atoms with van der Waals surface area (Å²) in [6.45, 7) is 8.19. The zero-order valence-electron chi connectivity index (χ0n) is 12.3. The fourth-order valence-corrected chi connectivity index (χ4v) is 1.56. The van der Waals surface area contributed by atoms with Gasteiger partial charge in [0.05, 0.1) is 6.04 Å². The van der Waals surface area contributed by atoms with E-state index in [9.17, 15) is 4.79 Å². The second-order valence-electron chi connectivity index (χ2n) is 5.33. The summed E-state index contributed by atoms with van der Waals surface area (Å²) in [5.74, 6) is 0.608. The smallest absolute Gasteiger partial charge is 0.273 e. The van der Waals surface area contributed by atoms with Crippen LogP contribution in [0.5, 0.6) is 0 Å². The highest BCUT2D eigenvalue weighted by molar-refractivity contribution is 5.92. The third-order valence-electron chi connectivity index (χ3n) is 3.30. The molecule has 0 aliphatic rings. The van der Waals surface area contributed by atoms with E-state index in [2.05, 4.69) is 31.1 Å². The largest absolute Gasteiger partial charge is 0.446 e. The van der Waals surface area contributed by atoms with Gasteiger partial charge in [0.1, 0.15) is 6.26 Å². The van der Waals surface area contributed by atoms with Crippen molar-refractivity contribution in [3.63, 3.8) is 0 Å². The summed E-state index contributed by atoms with van der Waals surface area (Å²) in [7, 11) is 0. The molecule has 0 aliphatic carbocycles. The van der Waals surface area contributed by atoms with Crippen LogP contribution in [0.1, 0.15) is 69.4 Å². The summed E-state index contributed by atoms with van der Waals surface area (Å²) < 4.78 is 5.29. The molecule has 0 spiro atoms. The fourth-order valence-electron chi connectivity index (χ4n) is 1.56. The number of unbranched alkanes of at least 4 members (excludes halogenated alkanes) is 1. The van der Waals surface area contributed by atoms with Crippen LogP contribution in [0.2, 0.25) is 0 Å². The molecule has 0 saturated heterocycles. The van der Waals surface area contributed by atoms with E-state index in [1.165, 1.54) is 6.26 Å². The van der Waals surface area contributed by atoms with Crippen molar-refractivity contribution < 1.29 is 9.21 Å². The van der Waals surface area contributed by atoms with E-state index >= 15 is 0 Å². The van der Waals surface area contributed by atoms with Crippen LogP contribution in [-0.4, -0.2) is 16.9 Å². The van der Waals surface area contributed by atoms with Crippen molar-refractivity contribution in [1.29, 1.82) is 0 Å². The van der Waals surface area contributed by atoms with E-state index in [1.54, 1.807) is 0 Å². The van der Waals surface area contributed by atoms with Crippen LogP contribution in [0.15, 0.2) is 10.7 Å². The second-order valence-corrected chi connectivity index (χ2v) is 5.33. The molecule has 1 rings (SSSR count). The van der Waals surface area contributed by atoms with Gasteiger partial charge in [-0.15, -0.1) is 0 Å². The van der Waals surface area contributed by atoms with Crippen molar-refractivity contribution in [3.8, 4) is 0 Å². The third kappa shape index (κ3) is 4.67. The van der Waals surface area contributed by atoms with Gasteiger partial charge in [0.25, 0.3) is 5.91 Å². The highest BCUT2D eigenvalue weighted by atomic mass is 16.3. The molecular weight excluding hydrogens is 242 g/mol. The lowest BCUT2D eigenvalue weighted by Crippen LogP contribution is -2.36. The minimum absolute atomic E-state index is 0.0985. The van der Waals surface area contributed by atoms with Gasteiger partial charge >= 0.3 is 0 Å². The number of nitrogens with zero attached hydrogens (tertiary/aromatic N) is 1. The normalized spacial score (nSPS) is 14.4. The Labute approximate surface area is 115 Å². The van der Waals surface area contributed by atoms with Crippen LogP contribution < -0.4 is 11.1 Å². The van der Waals surface area contributed by atoms with Crippen molar-refractivity contribution in [2.45, 2.75) is 59.0 Å². The topological polar surface area (TPSA) is 81.1 Å². The first kappa shape index (κ1) is 15.7. The zero-order chi connectivity index (χ0) is 14.4. The van der Waals surface area contributed by atoms with Crippen molar-refractivity contribution in [1.82, 2.24) is 10.3 Å². The predicted molar refractivity (Wildman–Crippen MR) is 74.7 cm³/mol. The standard InChI is InChI=1S/C14H25N3O2/c1-5-6-7-11(15)14-17-12(8-19-14)13(18)16-10(4)9(2)3/h8-11H,5-7,15H2,1-4H3,(H,16,18). The highest BCUT2D eigenvalue weighted by Gasteiger charge is 2.18. The quantitative estimate of drug-likeness (QED) is 0.795. The molecule has 2 atom stereocenters. The molecule has 0 radical (unpaired) electrons. The lowest BCUT2D eigenvalue weighted by Gasteiger charge is -2.16. The van der Waals surface area contributed by atoms with E-state index in [0.717, 1.165) is 19.3 Å². The molecule has 0 bridgehead atoms. The molecule has 1 aromatic heterocycles. The number of rotatable bonds is 7. The molecule has 0 fully saturated rings. The van der Waals surface area contributed by atoms with E-state index in [1.807, 2.05) is 6.92 Å². The van der Waals surface area contributed by atoms with Crippen molar-refractivity contribution in [2.75, 3.05) is 0 Å². The first-order valence-electron chi connectivity index (χ1n) is 6.97. The summed E-state index contributed by atoms with van der Waals surface area (Å²) in [6, 6.07) is -0.134. The summed E-state index contributed by atoms with van der Waals surface area (Å²) in [4.78, 5) is 16.1. The number of amides is 1. The molecule has 108 valence electrons. The number of hydrogen-bond donors (Lipinski definition) is 2. The minimum atomic E-state index is -0.232. The van der Waals surface area contributed by atoms with E-state index in [4.69, 9.17) is 10.2 Å². The molecule has 0 aromatic carbocycles. The predicted octanol–water partition coefficient (Wildman–Crippen LogP) is 2.64. The Hall–Kier alpha value is -1.36. The van der Waals surface area contributed by atoms with Crippen LogP contribution in [-0.2, 0) is 0 Å². The number of nitrogens with one attached hydrogen (secondary N) is 1. The molecule has 5 nitrogen and oxygen atoms in total. The minimum Gasteiger partial charge on any atom is -0.446 e. The van der Waals surface area contributed by atoms with E-state index < -0.39 is 0 Å². The summed E-state index contributed by atoms with van der Waals surface area (Å²) in [5.41, 5.74) is 6.26. The average Bonchev–Trinajstić information content (AvgIpc) is 2.85. The Morgan fingerprint density at radius 2 is 2.16 bits per heavy atom. The Balaban J connectivity index is 2.61. The Kier molecular flexibility index (Phi) is 6.02. The molecule has 5 heteroatoms. The van der Waals surface area contributed by atoms with Gasteiger partial charge in [-0.05, 0) is 19.3 Å². The van der Waals surface area contributed by atoms with Gasteiger partial charge in [0, 0.05) is 6.04 Å². The van der Waals surface area contributed by atoms with Gasteiger partial charge in [0.15, 0.2) is 5.69 Å². The number of hydrogen-bond acceptors (Lipinski definition) is 4. The average molecular weight is 267 g/mol. The number of oxazole rings is 1. The van der Waals surface area contributed by atoms with Gasteiger partial charge in [-0.25, -0.2) is 4.98 Å². The molecule has 1 amide bonds. The first-order valence-corrected chi connectivity index (χ1v) is 6.97. The molecular formula is C14H25N3O2. The SMILES string of the molecule is CCCCC(N)c1nc(C(=O)NC(C)C(C)C)co1. The number of nitrogens with two attached hydrogens (primary N) is 1. The number of carbonyl (C=O) groups excluding carboxylic acids is 1. The molecule has 1 heterocycles. The number of carbonyl (C=O) groups is 1. The van der Waals surface area contributed by atoms with Crippen LogP contribution in [0.25, 0.3) is 0 Å². The maximum atomic E-state index is 11.9. The van der Waals surface area contributed by atoms with Crippen LogP contribution in [0.4, 0.5) is 0 Å². The lowest BCUT2D eigenvalue weighted by molar-refractivity contribution is 0.0925. The maximum absolute atomic E-state index is 11.9. The van der Waals surface area contributed by atoms with Crippen molar-refractivity contribution in [2.24, 2.45) is 11.7 Å². The second kappa shape index (κ2) is 7.28. The van der Waals surface area contributed by atoms with E-state index in [-0.39, 0.29) is 18.0 Å². The number of aromatic nitrogens is 1. The molecule has 0 aliphatic heterocycles. The molecule has 3 N–H and O–H groups in total. The van der Waals surface area contributed by atoms with E-state index in [0.29, 0.717) is 17.5 Å². The van der Waals surface area contributed by atoms with Crippen molar-refractivity contribution >= 4 is 5.91 Å².